The minimum absolute atomic E-state index is 0.000807. The number of non-ortho nitro benzene ring substituents is 1. The molecule has 1 aromatic heterocycles. The topological polar surface area (TPSA) is 134 Å². The van der Waals surface area contributed by atoms with Gasteiger partial charge in [0.1, 0.15) is 11.6 Å². The Morgan fingerprint density at radius 1 is 1.29 bits per heavy atom. The molecule has 3 rings (SSSR count). The molecule has 1 aliphatic rings. The van der Waals surface area contributed by atoms with Gasteiger partial charge < -0.3 is 5.11 Å². The lowest BCUT2D eigenvalue weighted by atomic mass is 10.1. The van der Waals surface area contributed by atoms with Crippen LogP contribution in [0.15, 0.2) is 33.2 Å². The van der Waals surface area contributed by atoms with Crippen molar-refractivity contribution in [2.75, 3.05) is 0 Å². The monoisotopic (exact) mass is 381 g/mol. The van der Waals surface area contributed by atoms with Gasteiger partial charge in [-0.1, -0.05) is 12.8 Å². The molecule has 1 aromatic carbocycles. The number of aromatic nitrogens is 1. The van der Waals surface area contributed by atoms with E-state index in [2.05, 4.69) is 10.2 Å². The molecule has 1 heterocycles. The van der Waals surface area contributed by atoms with E-state index in [-0.39, 0.29) is 34.4 Å². The maximum absolute atomic E-state index is 13.0. The first-order valence-corrected chi connectivity index (χ1v) is 8.90. The minimum atomic E-state index is -0.502. The molecule has 9 heteroatoms. The molecule has 0 bridgehead atoms. The largest absolute Gasteiger partial charge is 0.493 e. The second kappa shape index (κ2) is 7.60. The predicted octanol–water partition coefficient (Wildman–Crippen LogP) is 4.48. The van der Waals surface area contributed by atoms with Gasteiger partial charge in [-0.05, 0) is 38.3 Å². The highest BCUT2D eigenvalue weighted by molar-refractivity contribution is 5.57. The molecule has 0 amide bonds. The highest BCUT2D eigenvalue weighted by atomic mass is 16.6. The quantitative estimate of drug-likeness (QED) is 0.473. The average molecular weight is 381 g/mol. The Morgan fingerprint density at radius 2 is 1.96 bits per heavy atom. The van der Waals surface area contributed by atoms with Crippen molar-refractivity contribution in [1.82, 2.24) is 4.57 Å². The van der Waals surface area contributed by atoms with Gasteiger partial charge in [-0.15, -0.1) is 5.11 Å². The lowest BCUT2D eigenvalue weighted by Crippen LogP contribution is -2.24. The number of azo groups is 1. The van der Waals surface area contributed by atoms with E-state index in [9.17, 15) is 25.3 Å². The van der Waals surface area contributed by atoms with Crippen LogP contribution in [0.1, 0.15) is 48.4 Å². The zero-order chi connectivity index (χ0) is 20.4. The Kier molecular flexibility index (Phi) is 5.22. The van der Waals surface area contributed by atoms with Crippen LogP contribution in [0.25, 0.3) is 0 Å². The summed E-state index contributed by atoms with van der Waals surface area (Å²) in [4.78, 5) is 23.3. The van der Waals surface area contributed by atoms with Gasteiger partial charge in [0.05, 0.1) is 10.6 Å². The Labute approximate surface area is 160 Å². The molecule has 0 spiro atoms. The number of rotatable bonds is 4. The van der Waals surface area contributed by atoms with Gasteiger partial charge in [-0.25, -0.2) is 0 Å². The number of aryl methyl sites for hydroxylation is 1. The molecule has 1 saturated carbocycles. The zero-order valence-corrected chi connectivity index (χ0v) is 15.5. The van der Waals surface area contributed by atoms with Crippen molar-refractivity contribution >= 4 is 17.1 Å². The average Bonchev–Trinajstić information content (AvgIpc) is 3.17. The summed E-state index contributed by atoms with van der Waals surface area (Å²) in [6, 6.07) is 5.90. The van der Waals surface area contributed by atoms with Gasteiger partial charge in [0.25, 0.3) is 11.2 Å². The van der Waals surface area contributed by atoms with E-state index in [1.807, 2.05) is 6.07 Å². The molecule has 0 atom stereocenters. The van der Waals surface area contributed by atoms with Crippen LogP contribution < -0.4 is 5.56 Å². The molecule has 0 radical (unpaired) electrons. The standard InChI is InChI=1S/C19H19N5O4/c1-11-9-14(24(27)28)7-8-16(11)21-22-17-12(2)15(10-20)18(25)23(19(17)26)13-5-3-4-6-13/h7-9,13,25H,3-6H2,1-2H3. The van der Waals surface area contributed by atoms with Crippen molar-refractivity contribution in [2.24, 2.45) is 10.2 Å². The highest BCUT2D eigenvalue weighted by Crippen LogP contribution is 2.35. The second-order valence-corrected chi connectivity index (χ2v) is 6.83. The van der Waals surface area contributed by atoms with Crippen molar-refractivity contribution in [1.29, 1.82) is 5.26 Å². The van der Waals surface area contributed by atoms with E-state index in [0.717, 1.165) is 25.7 Å². The van der Waals surface area contributed by atoms with Crippen molar-refractivity contribution in [3.63, 3.8) is 0 Å². The molecule has 0 saturated heterocycles. The van der Waals surface area contributed by atoms with Gasteiger partial charge in [0, 0.05) is 23.7 Å². The summed E-state index contributed by atoms with van der Waals surface area (Å²) in [7, 11) is 0. The molecule has 1 fully saturated rings. The van der Waals surface area contributed by atoms with Gasteiger partial charge in [-0.2, -0.15) is 10.4 Å². The van der Waals surface area contributed by atoms with Crippen LogP contribution in [0.2, 0.25) is 0 Å². The molecular weight excluding hydrogens is 362 g/mol. The van der Waals surface area contributed by atoms with Gasteiger partial charge in [-0.3, -0.25) is 19.5 Å². The fraction of sp³-hybridized carbons (Fsp3) is 0.368. The van der Waals surface area contributed by atoms with Crippen molar-refractivity contribution in [3.8, 4) is 11.9 Å². The Hall–Kier alpha value is -3.54. The van der Waals surface area contributed by atoms with Crippen molar-refractivity contribution in [2.45, 2.75) is 45.6 Å². The first-order valence-electron chi connectivity index (χ1n) is 8.90. The molecule has 1 N–H and O–H groups in total. The van der Waals surface area contributed by atoms with E-state index in [4.69, 9.17) is 0 Å². The summed E-state index contributed by atoms with van der Waals surface area (Å²) in [5.41, 5.74) is 0.591. The third-order valence-electron chi connectivity index (χ3n) is 5.05. The number of hydrogen-bond acceptors (Lipinski definition) is 7. The second-order valence-electron chi connectivity index (χ2n) is 6.83. The molecule has 2 aromatic rings. The fourth-order valence-corrected chi connectivity index (χ4v) is 3.50. The SMILES string of the molecule is Cc1cc([N+](=O)[O-])ccc1N=Nc1c(C)c(C#N)c(O)n(C2CCCC2)c1=O. The molecule has 1 aliphatic carbocycles. The van der Waals surface area contributed by atoms with Crippen LogP contribution in [0, 0.1) is 35.3 Å². The molecule has 28 heavy (non-hydrogen) atoms. The van der Waals surface area contributed by atoms with Gasteiger partial charge in [0.2, 0.25) is 5.88 Å². The molecule has 9 nitrogen and oxygen atoms in total. The first-order chi connectivity index (χ1) is 13.3. The normalized spacial score (nSPS) is 14.5. The van der Waals surface area contributed by atoms with Crippen molar-refractivity contribution in [3.05, 3.63) is 55.4 Å². The molecular formula is C19H19N5O4. The van der Waals surface area contributed by atoms with Crippen LogP contribution in [-0.2, 0) is 0 Å². The van der Waals surface area contributed by atoms with Crippen LogP contribution in [0.3, 0.4) is 0 Å². The van der Waals surface area contributed by atoms with Crippen molar-refractivity contribution < 1.29 is 10.0 Å². The number of nitrogens with zero attached hydrogens (tertiary/aromatic N) is 5. The van der Waals surface area contributed by atoms with Crippen LogP contribution in [0.5, 0.6) is 5.88 Å². The van der Waals surface area contributed by atoms with E-state index in [1.54, 1.807) is 6.92 Å². The number of nitro groups is 1. The van der Waals surface area contributed by atoms with Crippen LogP contribution in [-0.4, -0.2) is 14.6 Å². The number of hydrogen-bond donors (Lipinski definition) is 1. The van der Waals surface area contributed by atoms with E-state index >= 15 is 0 Å². The smallest absolute Gasteiger partial charge is 0.281 e. The number of benzene rings is 1. The molecule has 144 valence electrons. The summed E-state index contributed by atoms with van der Waals surface area (Å²) in [6.45, 7) is 3.19. The van der Waals surface area contributed by atoms with Crippen LogP contribution >= 0.6 is 0 Å². The number of aromatic hydroxyl groups is 1. The maximum atomic E-state index is 13.0. The summed E-state index contributed by atoms with van der Waals surface area (Å²) in [6.07, 6.45) is 3.40. The number of nitriles is 1. The third-order valence-corrected chi connectivity index (χ3v) is 5.05. The van der Waals surface area contributed by atoms with Crippen LogP contribution in [0.4, 0.5) is 17.1 Å². The summed E-state index contributed by atoms with van der Waals surface area (Å²) in [5.74, 6) is -0.331. The zero-order valence-electron chi connectivity index (χ0n) is 15.5. The molecule has 0 aliphatic heterocycles. The number of nitro benzene ring substituents is 1. The van der Waals surface area contributed by atoms with E-state index in [1.165, 1.54) is 29.7 Å². The highest BCUT2D eigenvalue weighted by Gasteiger charge is 2.26. The summed E-state index contributed by atoms with van der Waals surface area (Å²) < 4.78 is 1.25. The summed E-state index contributed by atoms with van der Waals surface area (Å²) >= 11 is 0. The Bertz CT molecular complexity index is 1080. The first kappa shape index (κ1) is 19.2. The lowest BCUT2D eigenvalue weighted by Gasteiger charge is -2.18. The predicted molar refractivity (Wildman–Crippen MR) is 101 cm³/mol. The Morgan fingerprint density at radius 3 is 2.54 bits per heavy atom. The lowest BCUT2D eigenvalue weighted by molar-refractivity contribution is -0.384. The van der Waals surface area contributed by atoms with E-state index in [0.29, 0.717) is 11.3 Å². The van der Waals surface area contributed by atoms with Gasteiger partial charge >= 0.3 is 0 Å². The molecule has 0 unspecified atom stereocenters. The Balaban J connectivity index is 2.10. The number of pyridine rings is 1. The van der Waals surface area contributed by atoms with E-state index < -0.39 is 10.5 Å². The maximum Gasteiger partial charge on any atom is 0.281 e. The van der Waals surface area contributed by atoms with Gasteiger partial charge in [0.15, 0.2) is 5.69 Å². The summed E-state index contributed by atoms with van der Waals surface area (Å²) in [5, 5.41) is 38.9. The third kappa shape index (κ3) is 3.36. The fourth-order valence-electron chi connectivity index (χ4n) is 3.50. The minimum Gasteiger partial charge on any atom is -0.493 e.